The Labute approximate surface area is 141 Å². The van der Waals surface area contributed by atoms with Crippen molar-refractivity contribution in [2.75, 3.05) is 12.9 Å². The molecule has 6 nitrogen and oxygen atoms in total. The molecule has 0 saturated carbocycles. The van der Waals surface area contributed by atoms with Crippen LogP contribution in [0.2, 0.25) is 0 Å². The Morgan fingerprint density at radius 3 is 2.83 bits per heavy atom. The third-order valence-electron chi connectivity index (χ3n) is 3.44. The molecule has 0 unspecified atom stereocenters. The number of rotatable bonds is 4. The Hall–Kier alpha value is -2.19. The van der Waals surface area contributed by atoms with Crippen molar-refractivity contribution in [3.8, 4) is 5.75 Å². The summed E-state index contributed by atoms with van der Waals surface area (Å²) in [4.78, 5) is 4.34. The van der Waals surface area contributed by atoms with Crippen molar-refractivity contribution in [3.63, 3.8) is 0 Å². The van der Waals surface area contributed by atoms with Crippen molar-refractivity contribution in [1.82, 2.24) is 19.9 Å². The number of fused-ring (bicyclic) bond motifs is 1. The lowest BCUT2D eigenvalue weighted by molar-refractivity contribution is 0.414. The Morgan fingerprint density at radius 2 is 2.09 bits per heavy atom. The van der Waals surface area contributed by atoms with E-state index in [0.29, 0.717) is 6.42 Å². The zero-order chi connectivity index (χ0) is 15.6. The summed E-state index contributed by atoms with van der Waals surface area (Å²) in [7, 11) is 1.66. The zero-order valence-corrected chi connectivity index (χ0v) is 14.0. The summed E-state index contributed by atoms with van der Waals surface area (Å²) in [6.07, 6.45) is 2.47. The normalized spacial score (nSPS) is 13.5. The Balaban J connectivity index is 1.63. The van der Waals surface area contributed by atoms with Crippen LogP contribution in [-0.4, -0.2) is 38.4 Å². The van der Waals surface area contributed by atoms with Crippen LogP contribution in [-0.2, 0) is 6.42 Å². The minimum Gasteiger partial charge on any atom is -0.497 e. The van der Waals surface area contributed by atoms with Gasteiger partial charge in [-0.25, -0.2) is 4.98 Å². The number of hydrogen-bond donors (Lipinski definition) is 0. The molecule has 0 bridgehead atoms. The van der Waals surface area contributed by atoms with Crippen LogP contribution in [0.15, 0.2) is 46.1 Å². The molecule has 0 amide bonds. The standard InChI is InChI=1S/C15H13N5OS2/c1-21-11-4-2-10(3-5-11)8-13-17-18-15-20(13)19-12(9-23-15)14-16-6-7-22-14/h2-7H,8-9H2,1H3. The Kier molecular flexibility index (Phi) is 3.84. The van der Waals surface area contributed by atoms with Gasteiger partial charge < -0.3 is 4.74 Å². The number of nitrogens with zero attached hydrogens (tertiary/aromatic N) is 5. The van der Waals surface area contributed by atoms with E-state index in [1.807, 2.05) is 34.3 Å². The minimum atomic E-state index is 0.673. The van der Waals surface area contributed by atoms with Crippen molar-refractivity contribution in [3.05, 3.63) is 52.2 Å². The first-order valence-corrected chi connectivity index (χ1v) is 8.88. The van der Waals surface area contributed by atoms with Crippen LogP contribution in [0.5, 0.6) is 5.75 Å². The third-order valence-corrected chi connectivity index (χ3v) is 5.19. The van der Waals surface area contributed by atoms with Gasteiger partial charge in [0, 0.05) is 23.8 Å². The number of ether oxygens (including phenoxy) is 1. The Bertz CT molecular complexity index is 839. The SMILES string of the molecule is COc1ccc(Cc2nnc3n2N=C(c2nccs2)CS3)cc1. The fourth-order valence-electron chi connectivity index (χ4n) is 2.28. The lowest BCUT2D eigenvalue weighted by Crippen LogP contribution is -2.14. The van der Waals surface area contributed by atoms with Crippen LogP contribution >= 0.6 is 23.1 Å². The van der Waals surface area contributed by atoms with Gasteiger partial charge in [0.2, 0.25) is 5.16 Å². The number of methoxy groups -OCH3 is 1. The number of thiazole rings is 1. The average molecular weight is 343 g/mol. The highest BCUT2D eigenvalue weighted by Gasteiger charge is 2.21. The smallest absolute Gasteiger partial charge is 0.212 e. The van der Waals surface area contributed by atoms with E-state index >= 15 is 0 Å². The predicted molar refractivity (Wildman–Crippen MR) is 90.6 cm³/mol. The molecule has 8 heteroatoms. The topological polar surface area (TPSA) is 65.2 Å². The summed E-state index contributed by atoms with van der Waals surface area (Å²) in [5, 5.41) is 16.9. The van der Waals surface area contributed by atoms with Crippen molar-refractivity contribution < 1.29 is 4.74 Å². The maximum Gasteiger partial charge on any atom is 0.212 e. The van der Waals surface area contributed by atoms with E-state index < -0.39 is 0 Å². The molecule has 23 heavy (non-hydrogen) atoms. The van der Waals surface area contributed by atoms with E-state index in [1.54, 1.807) is 36.4 Å². The summed E-state index contributed by atoms with van der Waals surface area (Å²) in [5.74, 6) is 2.44. The molecular formula is C15H13N5OS2. The van der Waals surface area contributed by atoms with Crippen LogP contribution in [0.25, 0.3) is 0 Å². The van der Waals surface area contributed by atoms with Gasteiger partial charge in [-0.2, -0.15) is 9.78 Å². The molecule has 0 aliphatic carbocycles. The van der Waals surface area contributed by atoms with Gasteiger partial charge in [0.05, 0.1) is 7.11 Å². The molecule has 0 N–H and O–H groups in total. The third kappa shape index (κ3) is 2.87. The fraction of sp³-hybridized carbons (Fsp3) is 0.200. The summed E-state index contributed by atoms with van der Waals surface area (Å²) in [6, 6.07) is 7.95. The van der Waals surface area contributed by atoms with Gasteiger partial charge in [-0.1, -0.05) is 23.9 Å². The van der Waals surface area contributed by atoms with Gasteiger partial charge in [-0.3, -0.25) is 0 Å². The summed E-state index contributed by atoms with van der Waals surface area (Å²) in [6.45, 7) is 0. The van der Waals surface area contributed by atoms with Crippen LogP contribution in [0, 0.1) is 0 Å². The van der Waals surface area contributed by atoms with E-state index in [9.17, 15) is 0 Å². The van der Waals surface area contributed by atoms with Crippen molar-refractivity contribution >= 4 is 28.8 Å². The van der Waals surface area contributed by atoms with Crippen LogP contribution in [0.3, 0.4) is 0 Å². The molecule has 0 spiro atoms. The monoisotopic (exact) mass is 343 g/mol. The van der Waals surface area contributed by atoms with E-state index in [0.717, 1.165) is 38.8 Å². The second-order valence-corrected chi connectivity index (χ2v) is 6.75. The quantitative estimate of drug-likeness (QED) is 0.729. The fourth-order valence-corrected chi connectivity index (χ4v) is 3.82. The molecule has 0 atom stereocenters. The van der Waals surface area contributed by atoms with Crippen LogP contribution < -0.4 is 4.74 Å². The lowest BCUT2D eigenvalue weighted by Gasteiger charge is -2.12. The zero-order valence-electron chi connectivity index (χ0n) is 12.3. The summed E-state index contributed by atoms with van der Waals surface area (Å²) < 4.78 is 7.01. The highest BCUT2D eigenvalue weighted by Crippen LogP contribution is 2.25. The molecule has 1 aliphatic heterocycles. The molecule has 0 fully saturated rings. The largest absolute Gasteiger partial charge is 0.497 e. The first-order chi connectivity index (χ1) is 11.3. The van der Waals surface area contributed by atoms with Gasteiger partial charge in [-0.05, 0) is 17.7 Å². The molecule has 0 radical (unpaired) electrons. The maximum absolute atomic E-state index is 5.19. The van der Waals surface area contributed by atoms with Gasteiger partial charge in [0.1, 0.15) is 16.5 Å². The minimum absolute atomic E-state index is 0.673. The predicted octanol–water partition coefficient (Wildman–Crippen LogP) is 2.69. The molecule has 2 aromatic heterocycles. The van der Waals surface area contributed by atoms with E-state index in [-0.39, 0.29) is 0 Å². The number of thioether (sulfide) groups is 1. The van der Waals surface area contributed by atoms with Crippen LogP contribution in [0.4, 0.5) is 0 Å². The maximum atomic E-state index is 5.19. The molecule has 0 saturated heterocycles. The molecule has 3 aromatic rings. The highest BCUT2D eigenvalue weighted by atomic mass is 32.2. The van der Waals surface area contributed by atoms with Gasteiger partial charge >= 0.3 is 0 Å². The summed E-state index contributed by atoms with van der Waals surface area (Å²) >= 11 is 3.24. The van der Waals surface area contributed by atoms with Crippen molar-refractivity contribution in [1.29, 1.82) is 0 Å². The molecule has 3 heterocycles. The highest BCUT2D eigenvalue weighted by molar-refractivity contribution is 7.99. The molecule has 116 valence electrons. The van der Waals surface area contributed by atoms with E-state index in [2.05, 4.69) is 20.3 Å². The second-order valence-electron chi connectivity index (χ2n) is 4.91. The van der Waals surface area contributed by atoms with Gasteiger partial charge in [-0.15, -0.1) is 21.5 Å². The van der Waals surface area contributed by atoms with Gasteiger partial charge in [0.15, 0.2) is 5.82 Å². The summed E-state index contributed by atoms with van der Waals surface area (Å²) in [5.41, 5.74) is 2.11. The van der Waals surface area contributed by atoms with Gasteiger partial charge in [0.25, 0.3) is 0 Å². The van der Waals surface area contributed by atoms with E-state index in [1.165, 1.54) is 0 Å². The number of hydrogen-bond acceptors (Lipinski definition) is 7. The average Bonchev–Trinajstić information content (AvgIpc) is 3.25. The second kappa shape index (κ2) is 6.13. The molecule has 4 rings (SSSR count). The first-order valence-electron chi connectivity index (χ1n) is 7.01. The lowest BCUT2D eigenvalue weighted by atomic mass is 10.1. The number of benzene rings is 1. The van der Waals surface area contributed by atoms with Crippen molar-refractivity contribution in [2.24, 2.45) is 5.10 Å². The first kappa shape index (κ1) is 14.4. The van der Waals surface area contributed by atoms with E-state index in [4.69, 9.17) is 4.74 Å². The Morgan fingerprint density at radius 1 is 1.22 bits per heavy atom. The van der Waals surface area contributed by atoms with Crippen molar-refractivity contribution in [2.45, 2.75) is 11.6 Å². The number of aromatic nitrogens is 4. The molecule has 1 aliphatic rings. The van der Waals surface area contributed by atoms with Crippen LogP contribution in [0.1, 0.15) is 16.4 Å². The molecular weight excluding hydrogens is 330 g/mol. The molecule has 1 aromatic carbocycles.